The number of thiophene rings is 1. The molecule has 2 aliphatic rings. The molecule has 1 saturated heterocycles. The first-order valence-electron chi connectivity index (χ1n) is 9.58. The van der Waals surface area contributed by atoms with E-state index in [1.807, 2.05) is 18.2 Å². The normalized spacial score (nSPS) is 16.0. The van der Waals surface area contributed by atoms with Gasteiger partial charge in [-0.3, -0.25) is 9.69 Å². The second kappa shape index (κ2) is 7.55. The number of aromatic nitrogens is 1. The van der Waals surface area contributed by atoms with E-state index in [1.165, 1.54) is 16.9 Å². The van der Waals surface area contributed by atoms with Gasteiger partial charge < -0.3 is 15.0 Å². The number of anilines is 2. The highest BCUT2D eigenvalue weighted by atomic mass is 32.1. The molecule has 0 bridgehead atoms. The number of nitrogens with zero attached hydrogens (tertiary/aromatic N) is 4. The Morgan fingerprint density at radius 2 is 2.03 bits per heavy atom. The van der Waals surface area contributed by atoms with E-state index in [4.69, 9.17) is 4.74 Å². The fraction of sp³-hybridized carbons (Fsp3) is 0.286. The highest BCUT2D eigenvalue weighted by molar-refractivity contribution is 7.21. The number of ether oxygens (including phenoxy) is 1. The molecule has 2 aromatic heterocycles. The maximum Gasteiger partial charge on any atom is 0.270 e. The van der Waals surface area contributed by atoms with Crippen molar-refractivity contribution in [3.63, 3.8) is 0 Å². The first-order chi connectivity index (χ1) is 14.2. The fourth-order valence-electron chi connectivity index (χ4n) is 3.67. The largest absolute Gasteiger partial charge is 0.379 e. The van der Waals surface area contributed by atoms with Crippen LogP contribution in [0, 0.1) is 0 Å². The Morgan fingerprint density at radius 3 is 2.83 bits per heavy atom. The van der Waals surface area contributed by atoms with Crippen molar-refractivity contribution in [2.45, 2.75) is 6.54 Å². The van der Waals surface area contributed by atoms with Gasteiger partial charge in [0.25, 0.3) is 5.91 Å². The molecule has 4 heterocycles. The van der Waals surface area contributed by atoms with Gasteiger partial charge in [-0.1, -0.05) is 12.1 Å². The zero-order valence-electron chi connectivity index (χ0n) is 16.1. The Balaban J connectivity index is 1.37. The van der Waals surface area contributed by atoms with Gasteiger partial charge >= 0.3 is 0 Å². The second-order valence-corrected chi connectivity index (χ2v) is 8.14. The summed E-state index contributed by atoms with van der Waals surface area (Å²) in [6, 6.07) is 10.1. The number of nitrogens with one attached hydrogen (secondary N) is 1. The van der Waals surface area contributed by atoms with Crippen LogP contribution in [0.4, 0.5) is 17.1 Å². The van der Waals surface area contributed by atoms with E-state index in [-0.39, 0.29) is 5.91 Å². The number of rotatable bonds is 4. The van der Waals surface area contributed by atoms with Crippen molar-refractivity contribution in [3.05, 3.63) is 47.0 Å². The monoisotopic (exact) mass is 407 g/mol. The van der Waals surface area contributed by atoms with Gasteiger partial charge in [0.2, 0.25) is 0 Å². The molecular formula is C21H21N5O2S. The van der Waals surface area contributed by atoms with Gasteiger partial charge in [-0.2, -0.15) is 0 Å². The summed E-state index contributed by atoms with van der Waals surface area (Å²) < 4.78 is 5.41. The van der Waals surface area contributed by atoms with Crippen LogP contribution in [-0.2, 0) is 11.3 Å². The van der Waals surface area contributed by atoms with Crippen LogP contribution in [0.3, 0.4) is 0 Å². The van der Waals surface area contributed by atoms with E-state index in [0.29, 0.717) is 10.6 Å². The molecule has 0 saturated carbocycles. The molecule has 1 amide bonds. The molecule has 29 heavy (non-hydrogen) atoms. The zero-order chi connectivity index (χ0) is 19.8. The number of morpholine rings is 1. The van der Waals surface area contributed by atoms with Crippen molar-refractivity contribution >= 4 is 50.9 Å². The summed E-state index contributed by atoms with van der Waals surface area (Å²) >= 11 is 1.39. The smallest absolute Gasteiger partial charge is 0.270 e. The Morgan fingerprint density at radius 1 is 1.24 bits per heavy atom. The molecular weight excluding hydrogens is 386 g/mol. The van der Waals surface area contributed by atoms with E-state index in [9.17, 15) is 4.79 Å². The van der Waals surface area contributed by atoms with Gasteiger partial charge in [0.05, 0.1) is 36.3 Å². The molecule has 1 N–H and O–H groups in total. The topological polar surface area (TPSA) is 70.1 Å². The van der Waals surface area contributed by atoms with Crippen molar-refractivity contribution in [2.24, 2.45) is 4.99 Å². The molecule has 0 aliphatic carbocycles. The van der Waals surface area contributed by atoms with Crippen LogP contribution < -0.4 is 10.2 Å². The van der Waals surface area contributed by atoms with Crippen LogP contribution in [0.25, 0.3) is 10.2 Å². The molecule has 8 heteroatoms. The predicted molar refractivity (Wildman–Crippen MR) is 117 cm³/mol. The number of aliphatic imine (C=N–C) groups is 1. The number of carbonyl (C=O) groups excluding carboxylic acids is 1. The van der Waals surface area contributed by atoms with Crippen LogP contribution in [0.1, 0.15) is 15.2 Å². The molecule has 0 radical (unpaired) electrons. The van der Waals surface area contributed by atoms with Crippen LogP contribution in [0.2, 0.25) is 0 Å². The predicted octanol–water partition coefficient (Wildman–Crippen LogP) is 3.49. The van der Waals surface area contributed by atoms with E-state index >= 15 is 0 Å². The number of pyridine rings is 1. The highest BCUT2D eigenvalue weighted by Gasteiger charge is 2.25. The third-order valence-corrected chi connectivity index (χ3v) is 6.39. The molecule has 5 rings (SSSR count). The summed E-state index contributed by atoms with van der Waals surface area (Å²) in [4.78, 5) is 27.5. The summed E-state index contributed by atoms with van der Waals surface area (Å²) in [7, 11) is 1.80. The molecule has 1 aromatic carbocycles. The summed E-state index contributed by atoms with van der Waals surface area (Å²) in [5, 5.41) is 4.03. The Hall–Kier alpha value is -2.81. The summed E-state index contributed by atoms with van der Waals surface area (Å²) in [5.41, 5.74) is 3.73. The number of hydrogen-bond acceptors (Lipinski definition) is 7. The third kappa shape index (κ3) is 3.39. The minimum absolute atomic E-state index is 0.0751. The molecule has 0 spiro atoms. The lowest BCUT2D eigenvalue weighted by molar-refractivity contribution is 0.0342. The first kappa shape index (κ1) is 18.2. The van der Waals surface area contributed by atoms with E-state index < -0.39 is 0 Å². The lowest BCUT2D eigenvalue weighted by Crippen LogP contribution is -2.35. The van der Waals surface area contributed by atoms with Crippen molar-refractivity contribution in [2.75, 3.05) is 43.6 Å². The Bertz CT molecular complexity index is 1090. The standard InChI is InChI=1S/C21H21N5O2S/c1-25(15-4-2-14(3-5-15)12-26-8-10-28-11-9-26)21(27)19-18-17-16(23-13-24-18)6-7-22-20(17)29-19/h2-7,13H,8-12H2,1H3,(H,23,24). The second-order valence-electron chi connectivity index (χ2n) is 7.14. The number of benzene rings is 1. The molecule has 7 nitrogen and oxygen atoms in total. The van der Waals surface area contributed by atoms with E-state index in [0.717, 1.165) is 54.4 Å². The SMILES string of the molecule is CN(C(=O)c1sc2nccc3c2c1N=CN3)c1ccc(CN2CCOCC2)cc1. The molecule has 2 aliphatic heterocycles. The lowest BCUT2D eigenvalue weighted by Gasteiger charge is -2.26. The van der Waals surface area contributed by atoms with Crippen molar-refractivity contribution in [3.8, 4) is 0 Å². The van der Waals surface area contributed by atoms with Gasteiger partial charge in [-0.05, 0) is 23.8 Å². The zero-order valence-corrected chi connectivity index (χ0v) is 16.9. The molecule has 1 fully saturated rings. The van der Waals surface area contributed by atoms with Crippen LogP contribution in [-0.4, -0.2) is 55.5 Å². The van der Waals surface area contributed by atoms with E-state index in [1.54, 1.807) is 24.5 Å². The average Bonchev–Trinajstić information content (AvgIpc) is 3.15. The molecule has 3 aromatic rings. The van der Waals surface area contributed by atoms with E-state index in [2.05, 4.69) is 32.3 Å². The summed E-state index contributed by atoms with van der Waals surface area (Å²) in [6.07, 6.45) is 3.37. The summed E-state index contributed by atoms with van der Waals surface area (Å²) in [6.45, 7) is 4.40. The fourth-order valence-corrected chi connectivity index (χ4v) is 4.77. The lowest BCUT2D eigenvalue weighted by atomic mass is 10.1. The molecule has 148 valence electrons. The van der Waals surface area contributed by atoms with Crippen LogP contribution >= 0.6 is 11.3 Å². The minimum atomic E-state index is -0.0751. The van der Waals surface area contributed by atoms with Crippen molar-refractivity contribution in [1.29, 1.82) is 0 Å². The maximum absolute atomic E-state index is 13.2. The van der Waals surface area contributed by atoms with Crippen molar-refractivity contribution in [1.82, 2.24) is 9.88 Å². The minimum Gasteiger partial charge on any atom is -0.379 e. The van der Waals surface area contributed by atoms with Gasteiger partial charge in [0, 0.05) is 38.6 Å². The average molecular weight is 407 g/mol. The number of amides is 1. The highest BCUT2D eigenvalue weighted by Crippen LogP contribution is 2.43. The van der Waals surface area contributed by atoms with Crippen LogP contribution in [0.5, 0.6) is 0 Å². The van der Waals surface area contributed by atoms with Gasteiger partial charge in [-0.15, -0.1) is 11.3 Å². The van der Waals surface area contributed by atoms with Crippen LogP contribution in [0.15, 0.2) is 41.5 Å². The number of carbonyl (C=O) groups is 1. The van der Waals surface area contributed by atoms with Crippen molar-refractivity contribution < 1.29 is 9.53 Å². The third-order valence-electron chi connectivity index (χ3n) is 5.31. The molecule has 0 atom stereocenters. The first-order valence-corrected chi connectivity index (χ1v) is 10.4. The Labute approximate surface area is 172 Å². The Kier molecular flexibility index (Phi) is 4.75. The van der Waals surface area contributed by atoms with Gasteiger partial charge in [0.15, 0.2) is 0 Å². The quantitative estimate of drug-likeness (QED) is 0.717. The molecule has 0 unspecified atom stereocenters. The summed E-state index contributed by atoms with van der Waals surface area (Å²) in [5.74, 6) is -0.0751. The van der Waals surface area contributed by atoms with Gasteiger partial charge in [-0.25, -0.2) is 9.98 Å². The van der Waals surface area contributed by atoms with Gasteiger partial charge in [0.1, 0.15) is 9.71 Å². The maximum atomic E-state index is 13.2. The number of hydrogen-bond donors (Lipinski definition) is 1.